The number of nitrogens with zero attached hydrogens (tertiary/aromatic N) is 1. The minimum Gasteiger partial charge on any atom is -0.480 e. The number of carboxylic acid groups (broad SMARTS) is 1. The summed E-state index contributed by atoms with van der Waals surface area (Å²) in [6, 6.07) is -2.16. The van der Waals surface area contributed by atoms with Crippen LogP contribution in [0.5, 0.6) is 0 Å². The number of likely N-dealkylation sites (N-methyl/N-ethyl adjacent to an activating group) is 2. The number of carboxylic acids is 1. The molecule has 0 aliphatic heterocycles. The molecule has 0 aliphatic carbocycles. The normalized spacial score (nSPS) is 11.3. The Balaban J connectivity index is 4.63. The minimum atomic E-state index is -1.41. The molecule has 0 bridgehead atoms. The molecule has 0 heterocycles. The third kappa shape index (κ3) is 6.24. The van der Waals surface area contributed by atoms with Crippen LogP contribution in [0.25, 0.3) is 0 Å². The van der Waals surface area contributed by atoms with Crippen LogP contribution in [-0.2, 0) is 14.4 Å². The van der Waals surface area contributed by atoms with Crippen molar-refractivity contribution in [2.75, 3.05) is 20.1 Å². The van der Waals surface area contributed by atoms with Crippen molar-refractivity contribution in [2.45, 2.75) is 19.4 Å². The Morgan fingerprint density at radius 1 is 1.32 bits per heavy atom. The lowest BCUT2D eigenvalue weighted by Crippen LogP contribution is -2.51. The van der Waals surface area contributed by atoms with E-state index in [0.717, 1.165) is 4.90 Å². The molecule has 1 atom stereocenters. The molecular formula is C10H18N4O5. The molecule has 108 valence electrons. The fourth-order valence-electron chi connectivity index (χ4n) is 1.22. The summed E-state index contributed by atoms with van der Waals surface area (Å²) in [5.41, 5.74) is 4.89. The third-order valence-electron chi connectivity index (χ3n) is 2.28. The highest BCUT2D eigenvalue weighted by atomic mass is 16.4. The van der Waals surface area contributed by atoms with Gasteiger partial charge in [-0.15, -0.1) is 0 Å². The number of urea groups is 1. The highest BCUT2D eigenvalue weighted by Crippen LogP contribution is 1.96. The van der Waals surface area contributed by atoms with Crippen molar-refractivity contribution in [3.63, 3.8) is 0 Å². The van der Waals surface area contributed by atoms with E-state index in [0.29, 0.717) is 0 Å². The average Bonchev–Trinajstić information content (AvgIpc) is 2.33. The summed E-state index contributed by atoms with van der Waals surface area (Å²) in [5, 5.41) is 13.3. The van der Waals surface area contributed by atoms with Gasteiger partial charge in [-0.25, -0.2) is 9.59 Å². The first-order chi connectivity index (χ1) is 8.81. The molecule has 0 aromatic carbocycles. The van der Waals surface area contributed by atoms with Gasteiger partial charge in [0.25, 0.3) is 0 Å². The Morgan fingerprint density at radius 3 is 2.26 bits per heavy atom. The van der Waals surface area contributed by atoms with Gasteiger partial charge in [0.15, 0.2) is 0 Å². The number of primary amides is 1. The zero-order valence-corrected chi connectivity index (χ0v) is 10.8. The lowest BCUT2D eigenvalue weighted by Gasteiger charge is -2.22. The van der Waals surface area contributed by atoms with Gasteiger partial charge < -0.3 is 26.4 Å². The lowest BCUT2D eigenvalue weighted by atomic mass is 10.2. The minimum absolute atomic E-state index is 0.207. The van der Waals surface area contributed by atoms with Gasteiger partial charge in [0.05, 0.1) is 6.42 Å². The first kappa shape index (κ1) is 16.7. The van der Waals surface area contributed by atoms with Gasteiger partial charge in [-0.2, -0.15) is 0 Å². The Bertz CT molecular complexity index is 371. The van der Waals surface area contributed by atoms with Crippen LogP contribution in [0.15, 0.2) is 0 Å². The SMILES string of the molecule is CCN(CC(=O)NC)C(=O)N[C@@H](CC(N)=O)C(=O)O. The molecule has 19 heavy (non-hydrogen) atoms. The number of carbonyl (C=O) groups excluding carboxylic acids is 3. The summed E-state index contributed by atoms with van der Waals surface area (Å²) in [4.78, 5) is 45.5. The molecule has 0 aromatic rings. The number of hydrogen-bond donors (Lipinski definition) is 4. The van der Waals surface area contributed by atoms with E-state index in [2.05, 4.69) is 10.6 Å². The molecule has 0 radical (unpaired) electrons. The zero-order valence-electron chi connectivity index (χ0n) is 10.8. The van der Waals surface area contributed by atoms with Gasteiger partial charge in [-0.3, -0.25) is 9.59 Å². The molecule has 4 amide bonds. The molecular weight excluding hydrogens is 256 g/mol. The highest BCUT2D eigenvalue weighted by molar-refractivity contribution is 5.89. The van der Waals surface area contributed by atoms with Gasteiger partial charge in [-0.1, -0.05) is 0 Å². The molecule has 0 aliphatic rings. The summed E-state index contributed by atoms with van der Waals surface area (Å²) in [7, 11) is 1.42. The number of nitrogens with one attached hydrogen (secondary N) is 2. The maximum Gasteiger partial charge on any atom is 0.326 e. The van der Waals surface area contributed by atoms with Crippen LogP contribution in [0.4, 0.5) is 4.79 Å². The second kappa shape index (κ2) is 7.90. The van der Waals surface area contributed by atoms with Crippen LogP contribution in [0.2, 0.25) is 0 Å². The second-order valence-electron chi connectivity index (χ2n) is 3.70. The van der Waals surface area contributed by atoms with Crippen LogP contribution in [-0.4, -0.2) is 60.0 Å². The average molecular weight is 274 g/mol. The summed E-state index contributed by atoms with van der Waals surface area (Å²) in [5.74, 6) is -2.61. The maximum atomic E-state index is 11.7. The van der Waals surface area contributed by atoms with E-state index in [1.54, 1.807) is 6.92 Å². The molecule has 0 rings (SSSR count). The summed E-state index contributed by atoms with van der Waals surface area (Å²) in [6.07, 6.45) is -0.515. The second-order valence-corrected chi connectivity index (χ2v) is 3.70. The van der Waals surface area contributed by atoms with Crippen LogP contribution >= 0.6 is 0 Å². The van der Waals surface area contributed by atoms with Crippen molar-refractivity contribution in [2.24, 2.45) is 5.73 Å². The van der Waals surface area contributed by atoms with Crippen molar-refractivity contribution in [1.82, 2.24) is 15.5 Å². The molecule has 0 spiro atoms. The van der Waals surface area contributed by atoms with E-state index in [1.807, 2.05) is 0 Å². The monoisotopic (exact) mass is 274 g/mol. The largest absolute Gasteiger partial charge is 0.480 e. The molecule has 0 saturated carbocycles. The van der Waals surface area contributed by atoms with Crippen LogP contribution < -0.4 is 16.4 Å². The number of carbonyl (C=O) groups is 4. The standard InChI is InChI=1S/C10H18N4O5/c1-3-14(5-8(16)12-2)10(19)13-6(9(17)18)4-7(11)15/h6H,3-5H2,1-2H3,(H2,11,15)(H,12,16)(H,13,19)(H,17,18)/t6-/m0/s1. The van der Waals surface area contributed by atoms with Gasteiger partial charge in [-0.05, 0) is 6.92 Å². The Hall–Kier alpha value is -2.32. The van der Waals surface area contributed by atoms with Crippen molar-refractivity contribution >= 4 is 23.8 Å². The quantitative estimate of drug-likeness (QED) is 0.428. The van der Waals surface area contributed by atoms with Gasteiger partial charge in [0.2, 0.25) is 11.8 Å². The number of nitrogens with two attached hydrogens (primary N) is 1. The molecule has 0 saturated heterocycles. The van der Waals surface area contributed by atoms with Crippen LogP contribution in [0.3, 0.4) is 0 Å². The van der Waals surface area contributed by atoms with Crippen molar-refractivity contribution in [3.8, 4) is 0 Å². The molecule has 5 N–H and O–H groups in total. The summed E-state index contributed by atoms with van der Waals surface area (Å²) >= 11 is 0. The number of amides is 4. The molecule has 0 unspecified atom stereocenters. The van der Waals surface area contributed by atoms with Gasteiger partial charge >= 0.3 is 12.0 Å². The lowest BCUT2D eigenvalue weighted by molar-refractivity contribution is -0.140. The number of rotatable bonds is 7. The molecule has 9 nitrogen and oxygen atoms in total. The van der Waals surface area contributed by atoms with E-state index >= 15 is 0 Å². The predicted octanol–water partition coefficient (Wildman–Crippen LogP) is -1.91. The maximum absolute atomic E-state index is 11.7. The topological polar surface area (TPSA) is 142 Å². The van der Waals surface area contributed by atoms with Crippen molar-refractivity contribution in [3.05, 3.63) is 0 Å². The third-order valence-corrected chi connectivity index (χ3v) is 2.28. The zero-order chi connectivity index (χ0) is 15.0. The Labute approximate surface area is 110 Å². The van der Waals surface area contributed by atoms with E-state index in [1.165, 1.54) is 7.05 Å². The predicted molar refractivity (Wildman–Crippen MR) is 65.1 cm³/mol. The van der Waals surface area contributed by atoms with Crippen molar-refractivity contribution in [1.29, 1.82) is 0 Å². The summed E-state index contributed by atoms with van der Waals surface area (Å²) in [6.45, 7) is 1.64. The summed E-state index contributed by atoms with van der Waals surface area (Å²) < 4.78 is 0. The van der Waals surface area contributed by atoms with E-state index in [-0.39, 0.29) is 13.1 Å². The molecule has 0 fully saturated rings. The van der Waals surface area contributed by atoms with Crippen LogP contribution in [0, 0.1) is 0 Å². The van der Waals surface area contributed by atoms with Crippen LogP contribution in [0.1, 0.15) is 13.3 Å². The fourth-order valence-corrected chi connectivity index (χ4v) is 1.22. The first-order valence-electron chi connectivity index (χ1n) is 5.58. The van der Waals surface area contributed by atoms with E-state index in [9.17, 15) is 19.2 Å². The van der Waals surface area contributed by atoms with Gasteiger partial charge in [0.1, 0.15) is 12.6 Å². The first-order valence-corrected chi connectivity index (χ1v) is 5.58. The molecule has 0 aromatic heterocycles. The van der Waals surface area contributed by atoms with E-state index < -0.39 is 36.3 Å². The van der Waals surface area contributed by atoms with Gasteiger partial charge in [0, 0.05) is 13.6 Å². The fraction of sp³-hybridized carbons (Fsp3) is 0.600. The Kier molecular flexibility index (Phi) is 6.94. The van der Waals surface area contributed by atoms with E-state index in [4.69, 9.17) is 10.8 Å². The Morgan fingerprint density at radius 2 is 1.89 bits per heavy atom. The smallest absolute Gasteiger partial charge is 0.326 e. The highest BCUT2D eigenvalue weighted by Gasteiger charge is 2.25. The number of hydrogen-bond acceptors (Lipinski definition) is 4. The molecule has 9 heteroatoms. The number of aliphatic carboxylic acids is 1. The van der Waals surface area contributed by atoms with Crippen molar-refractivity contribution < 1.29 is 24.3 Å².